The van der Waals surface area contributed by atoms with Gasteiger partial charge in [0.05, 0.1) is 26.3 Å². The van der Waals surface area contributed by atoms with Gasteiger partial charge >= 0.3 is 0 Å². The molecule has 5 rings (SSSR count). The van der Waals surface area contributed by atoms with Crippen molar-refractivity contribution >= 4 is 22.2 Å². The third-order valence-corrected chi connectivity index (χ3v) is 7.37. The van der Waals surface area contributed by atoms with Gasteiger partial charge in [0, 0.05) is 29.6 Å². The number of hydrogen-bond acceptors (Lipinski definition) is 3. The molecule has 3 aromatic carbocycles. The molecule has 2 aliphatic heterocycles. The minimum absolute atomic E-state index is 0.229. The summed E-state index contributed by atoms with van der Waals surface area (Å²) in [5, 5.41) is 0. The maximum absolute atomic E-state index is 12.8. The van der Waals surface area contributed by atoms with E-state index in [1.54, 1.807) is 0 Å². The van der Waals surface area contributed by atoms with Crippen molar-refractivity contribution in [2.45, 2.75) is 29.8 Å². The Hall–Kier alpha value is -2.85. The number of fused-ring (bicyclic) bond motifs is 3. The van der Waals surface area contributed by atoms with Crippen LogP contribution in [0.1, 0.15) is 19.4 Å². The van der Waals surface area contributed by atoms with Crippen LogP contribution in [0.2, 0.25) is 0 Å². The summed E-state index contributed by atoms with van der Waals surface area (Å²) in [5.74, 6) is 0. The van der Waals surface area contributed by atoms with Crippen molar-refractivity contribution in [1.82, 2.24) is 4.90 Å². The molecular weight excluding hydrogens is 364 g/mol. The third kappa shape index (κ3) is 2.38. The molecule has 2 heterocycles. The Balaban J connectivity index is 1.65. The largest absolute Gasteiger partial charge is 0.352 e. The van der Waals surface area contributed by atoms with Crippen molar-refractivity contribution in [2.75, 3.05) is 11.9 Å². The molecule has 0 aromatic heterocycles. The summed E-state index contributed by atoms with van der Waals surface area (Å²) in [6.07, 6.45) is 0.229. The standard InChI is InChI=1S/C24H22N2OS/c1-16-24(25(3)17(2)26(16)19-9-5-4-6-10-19)18-13-14-23-21(15-18)20-11-7-8-12-22(20)28(23)27/h4-15,17H,1-3H3. The predicted octanol–water partition coefficient (Wildman–Crippen LogP) is 5.32. The van der Waals surface area contributed by atoms with Gasteiger partial charge in [-0.2, -0.15) is 0 Å². The molecule has 0 saturated carbocycles. The van der Waals surface area contributed by atoms with E-state index >= 15 is 0 Å². The summed E-state index contributed by atoms with van der Waals surface area (Å²) < 4.78 is 12.8. The van der Waals surface area contributed by atoms with E-state index in [1.165, 1.54) is 17.1 Å². The van der Waals surface area contributed by atoms with Crippen LogP contribution in [0.15, 0.2) is 88.3 Å². The third-order valence-electron chi connectivity index (χ3n) is 5.86. The average molecular weight is 387 g/mol. The van der Waals surface area contributed by atoms with Crippen molar-refractivity contribution in [3.63, 3.8) is 0 Å². The van der Waals surface area contributed by atoms with Gasteiger partial charge in [-0.3, -0.25) is 0 Å². The van der Waals surface area contributed by atoms with Crippen LogP contribution in [0.5, 0.6) is 0 Å². The maximum atomic E-state index is 12.8. The summed E-state index contributed by atoms with van der Waals surface area (Å²) in [5.41, 5.74) is 6.98. The lowest BCUT2D eigenvalue weighted by Crippen LogP contribution is -2.35. The molecule has 0 N–H and O–H groups in total. The number of benzene rings is 3. The normalized spacial score (nSPS) is 20.5. The Morgan fingerprint density at radius 3 is 2.32 bits per heavy atom. The molecule has 4 heteroatoms. The molecule has 0 radical (unpaired) electrons. The Morgan fingerprint density at radius 1 is 0.857 bits per heavy atom. The predicted molar refractivity (Wildman–Crippen MR) is 115 cm³/mol. The highest BCUT2D eigenvalue weighted by Crippen LogP contribution is 2.44. The van der Waals surface area contributed by atoms with E-state index < -0.39 is 10.8 Å². The van der Waals surface area contributed by atoms with Crippen LogP contribution in [-0.4, -0.2) is 22.3 Å². The Morgan fingerprint density at radius 2 is 1.54 bits per heavy atom. The summed E-state index contributed by atoms with van der Waals surface area (Å²) in [6.45, 7) is 4.41. The fourth-order valence-electron chi connectivity index (χ4n) is 4.44. The molecule has 0 amide bonds. The van der Waals surface area contributed by atoms with Gasteiger partial charge < -0.3 is 9.80 Å². The minimum atomic E-state index is -1.08. The zero-order chi connectivity index (χ0) is 19.4. The monoisotopic (exact) mass is 386 g/mol. The Kier molecular flexibility index (Phi) is 3.91. The number of anilines is 1. The topological polar surface area (TPSA) is 23.6 Å². The van der Waals surface area contributed by atoms with Crippen molar-refractivity contribution in [3.8, 4) is 11.1 Å². The number of hydrogen-bond donors (Lipinski definition) is 0. The number of rotatable bonds is 2. The molecule has 2 atom stereocenters. The van der Waals surface area contributed by atoms with Gasteiger partial charge in [0.1, 0.15) is 6.17 Å². The van der Waals surface area contributed by atoms with E-state index in [4.69, 9.17) is 0 Å². The van der Waals surface area contributed by atoms with Crippen LogP contribution in [0.25, 0.3) is 16.8 Å². The smallest absolute Gasteiger partial charge is 0.103 e. The second kappa shape index (κ2) is 6.35. The van der Waals surface area contributed by atoms with Crippen LogP contribution in [0.4, 0.5) is 5.69 Å². The molecule has 0 aliphatic carbocycles. The highest BCUT2D eigenvalue weighted by atomic mass is 32.2. The lowest BCUT2D eigenvalue weighted by molar-refractivity contribution is 0.398. The first-order chi connectivity index (χ1) is 13.6. The zero-order valence-corrected chi connectivity index (χ0v) is 17.0. The summed E-state index contributed by atoms with van der Waals surface area (Å²) >= 11 is 0. The lowest BCUT2D eigenvalue weighted by Gasteiger charge is -2.29. The Labute approximate surface area is 168 Å². The van der Waals surface area contributed by atoms with Gasteiger partial charge in [-0.1, -0.05) is 42.5 Å². The fraction of sp³-hybridized carbons (Fsp3) is 0.167. The Bertz CT molecular complexity index is 1140. The first-order valence-corrected chi connectivity index (χ1v) is 10.7. The molecule has 3 aromatic rings. The number of nitrogens with zero attached hydrogens (tertiary/aromatic N) is 2. The van der Waals surface area contributed by atoms with Gasteiger partial charge in [0.15, 0.2) is 0 Å². The van der Waals surface area contributed by atoms with E-state index in [2.05, 4.69) is 73.2 Å². The molecule has 2 aliphatic rings. The zero-order valence-electron chi connectivity index (χ0n) is 16.2. The molecule has 0 spiro atoms. The van der Waals surface area contributed by atoms with Crippen LogP contribution >= 0.6 is 0 Å². The fourth-order valence-corrected chi connectivity index (χ4v) is 5.82. The lowest BCUT2D eigenvalue weighted by atomic mass is 10.0. The van der Waals surface area contributed by atoms with Crippen LogP contribution in [0, 0.1) is 0 Å². The van der Waals surface area contributed by atoms with Crippen LogP contribution in [0.3, 0.4) is 0 Å². The molecule has 28 heavy (non-hydrogen) atoms. The molecule has 0 bridgehead atoms. The molecule has 0 saturated heterocycles. The summed E-state index contributed by atoms with van der Waals surface area (Å²) in [4.78, 5) is 6.52. The van der Waals surface area contributed by atoms with E-state index in [-0.39, 0.29) is 6.17 Å². The second-order valence-electron chi connectivity index (χ2n) is 7.36. The van der Waals surface area contributed by atoms with E-state index in [0.29, 0.717) is 0 Å². The quantitative estimate of drug-likeness (QED) is 0.466. The van der Waals surface area contributed by atoms with Crippen LogP contribution < -0.4 is 4.90 Å². The number of para-hydroxylation sites is 1. The van der Waals surface area contributed by atoms with E-state index in [9.17, 15) is 4.21 Å². The van der Waals surface area contributed by atoms with E-state index in [0.717, 1.165) is 26.5 Å². The van der Waals surface area contributed by atoms with Gasteiger partial charge in [0.25, 0.3) is 0 Å². The second-order valence-corrected chi connectivity index (χ2v) is 8.78. The average Bonchev–Trinajstić information content (AvgIpc) is 3.13. The highest BCUT2D eigenvalue weighted by Gasteiger charge is 2.33. The summed E-state index contributed by atoms with van der Waals surface area (Å²) in [7, 11) is 1.06. The minimum Gasteiger partial charge on any atom is -0.352 e. The van der Waals surface area contributed by atoms with Crippen molar-refractivity contribution in [3.05, 3.63) is 84.1 Å². The first kappa shape index (κ1) is 17.3. The molecule has 3 nitrogen and oxygen atoms in total. The first-order valence-electron chi connectivity index (χ1n) is 9.51. The molecule has 140 valence electrons. The van der Waals surface area contributed by atoms with Gasteiger partial charge in [-0.15, -0.1) is 0 Å². The molecular formula is C24H22N2OS. The van der Waals surface area contributed by atoms with Gasteiger partial charge in [0.2, 0.25) is 0 Å². The van der Waals surface area contributed by atoms with Crippen molar-refractivity contribution < 1.29 is 4.21 Å². The van der Waals surface area contributed by atoms with Crippen molar-refractivity contribution in [2.24, 2.45) is 0 Å². The highest BCUT2D eigenvalue weighted by molar-refractivity contribution is 7.85. The van der Waals surface area contributed by atoms with Gasteiger partial charge in [-0.05, 0) is 49.7 Å². The van der Waals surface area contributed by atoms with Crippen molar-refractivity contribution in [1.29, 1.82) is 0 Å². The SMILES string of the molecule is CC1=C(c2ccc3c(c2)-c2ccccc2S3=O)N(C)C(C)N1c1ccccc1. The van der Waals surface area contributed by atoms with Crippen LogP contribution in [-0.2, 0) is 10.8 Å². The molecule has 2 unspecified atom stereocenters. The van der Waals surface area contributed by atoms with E-state index in [1.807, 2.05) is 30.3 Å². The summed E-state index contributed by atoms with van der Waals surface area (Å²) in [6, 6.07) is 24.9. The number of allylic oxidation sites excluding steroid dienone is 1. The maximum Gasteiger partial charge on any atom is 0.103 e. The van der Waals surface area contributed by atoms with Gasteiger partial charge in [-0.25, -0.2) is 4.21 Å². The molecule has 0 fully saturated rings.